The summed E-state index contributed by atoms with van der Waals surface area (Å²) in [7, 11) is 3.10. The summed E-state index contributed by atoms with van der Waals surface area (Å²) in [5.74, 6) is 0.693. The Kier molecular flexibility index (Phi) is 6.02. The van der Waals surface area contributed by atoms with E-state index in [1.54, 1.807) is 62.8 Å². The zero-order valence-electron chi connectivity index (χ0n) is 15.2. The van der Waals surface area contributed by atoms with E-state index in [2.05, 4.69) is 0 Å². The van der Waals surface area contributed by atoms with Gasteiger partial charge in [0.1, 0.15) is 11.5 Å². The maximum Gasteiger partial charge on any atom is 0.194 e. The average Bonchev–Trinajstić information content (AvgIpc) is 2.74. The summed E-state index contributed by atoms with van der Waals surface area (Å²) >= 11 is 12.6. The Balaban J connectivity index is 1.93. The second-order valence-electron chi connectivity index (χ2n) is 5.93. The smallest absolute Gasteiger partial charge is 0.194 e. The van der Waals surface area contributed by atoms with Gasteiger partial charge in [-0.05, 0) is 60.7 Å². The van der Waals surface area contributed by atoms with Gasteiger partial charge in [-0.15, -0.1) is 0 Å². The standard InChI is InChI=1S/C22H16Cl2O4/c1-27-15-7-3-13(4-8-15)21(25)17-11-20(24)18(12-19(17)23)22(26)14-5-9-16(28-2)10-6-14/h3-12H,1-2H3. The summed E-state index contributed by atoms with van der Waals surface area (Å²) in [6.07, 6.45) is 0. The number of hydrogen-bond donors (Lipinski definition) is 0. The number of benzene rings is 3. The van der Waals surface area contributed by atoms with Crippen molar-refractivity contribution in [2.45, 2.75) is 0 Å². The van der Waals surface area contributed by atoms with Gasteiger partial charge in [0.05, 0.1) is 24.3 Å². The highest BCUT2D eigenvalue weighted by Crippen LogP contribution is 2.29. The molecule has 0 aliphatic rings. The largest absolute Gasteiger partial charge is 0.497 e. The van der Waals surface area contributed by atoms with E-state index in [1.165, 1.54) is 12.1 Å². The van der Waals surface area contributed by atoms with Crippen LogP contribution in [0.1, 0.15) is 31.8 Å². The van der Waals surface area contributed by atoms with Crippen molar-refractivity contribution in [3.63, 3.8) is 0 Å². The molecule has 0 radical (unpaired) electrons. The van der Waals surface area contributed by atoms with Crippen molar-refractivity contribution in [1.29, 1.82) is 0 Å². The lowest BCUT2D eigenvalue weighted by atomic mass is 9.98. The molecule has 4 nitrogen and oxygen atoms in total. The van der Waals surface area contributed by atoms with E-state index in [1.807, 2.05) is 0 Å². The van der Waals surface area contributed by atoms with Gasteiger partial charge in [-0.1, -0.05) is 23.2 Å². The normalized spacial score (nSPS) is 10.4. The predicted molar refractivity (Wildman–Crippen MR) is 109 cm³/mol. The van der Waals surface area contributed by atoms with E-state index < -0.39 is 0 Å². The van der Waals surface area contributed by atoms with Gasteiger partial charge in [0.25, 0.3) is 0 Å². The first-order valence-corrected chi connectivity index (χ1v) is 9.06. The van der Waals surface area contributed by atoms with Gasteiger partial charge in [0, 0.05) is 22.3 Å². The number of rotatable bonds is 6. The second-order valence-corrected chi connectivity index (χ2v) is 6.74. The van der Waals surface area contributed by atoms with Crippen molar-refractivity contribution in [2.75, 3.05) is 14.2 Å². The van der Waals surface area contributed by atoms with Crippen LogP contribution in [-0.2, 0) is 0 Å². The van der Waals surface area contributed by atoms with Crippen LogP contribution in [0, 0.1) is 0 Å². The van der Waals surface area contributed by atoms with Crippen LogP contribution in [0.2, 0.25) is 10.0 Å². The molecule has 28 heavy (non-hydrogen) atoms. The fraction of sp³-hybridized carbons (Fsp3) is 0.0909. The van der Waals surface area contributed by atoms with Crippen LogP contribution in [0.3, 0.4) is 0 Å². The van der Waals surface area contributed by atoms with Crippen LogP contribution in [0.4, 0.5) is 0 Å². The zero-order chi connectivity index (χ0) is 20.3. The number of carbonyl (C=O) groups excluding carboxylic acids is 2. The van der Waals surface area contributed by atoms with Crippen molar-refractivity contribution in [3.8, 4) is 11.5 Å². The lowest BCUT2D eigenvalue weighted by Gasteiger charge is -2.10. The Morgan fingerprint density at radius 1 is 0.643 bits per heavy atom. The number of methoxy groups -OCH3 is 2. The minimum absolute atomic E-state index is 0.155. The number of carbonyl (C=O) groups is 2. The Morgan fingerprint density at radius 3 is 1.25 bits per heavy atom. The molecule has 0 heterocycles. The molecule has 0 saturated heterocycles. The Labute approximate surface area is 172 Å². The molecular formula is C22H16Cl2O4. The van der Waals surface area contributed by atoms with Crippen LogP contribution >= 0.6 is 23.2 Å². The maximum atomic E-state index is 12.8. The Morgan fingerprint density at radius 2 is 0.964 bits per heavy atom. The molecule has 0 unspecified atom stereocenters. The summed E-state index contributed by atoms with van der Waals surface area (Å²) in [6, 6.07) is 16.1. The molecule has 0 aliphatic heterocycles. The van der Waals surface area contributed by atoms with Gasteiger partial charge >= 0.3 is 0 Å². The van der Waals surface area contributed by atoms with Crippen LogP contribution in [0.15, 0.2) is 60.7 Å². The SMILES string of the molecule is COc1ccc(C(=O)c2cc(Cl)c(C(=O)c3ccc(OC)cc3)cc2Cl)cc1. The molecule has 3 rings (SSSR count). The molecule has 0 fully saturated rings. The highest BCUT2D eigenvalue weighted by molar-refractivity contribution is 6.39. The minimum Gasteiger partial charge on any atom is -0.497 e. The van der Waals surface area contributed by atoms with E-state index in [0.29, 0.717) is 22.6 Å². The fourth-order valence-electron chi connectivity index (χ4n) is 2.69. The fourth-order valence-corrected chi connectivity index (χ4v) is 3.19. The minimum atomic E-state index is -0.294. The molecule has 0 atom stereocenters. The van der Waals surface area contributed by atoms with E-state index in [0.717, 1.165) is 0 Å². The van der Waals surface area contributed by atoms with Crippen LogP contribution in [0.25, 0.3) is 0 Å². The number of ketones is 2. The second kappa shape index (κ2) is 8.46. The van der Waals surface area contributed by atoms with Crippen molar-refractivity contribution in [1.82, 2.24) is 0 Å². The molecule has 0 amide bonds. The molecule has 0 N–H and O–H groups in total. The zero-order valence-corrected chi connectivity index (χ0v) is 16.7. The highest BCUT2D eigenvalue weighted by atomic mass is 35.5. The van der Waals surface area contributed by atoms with Gasteiger partial charge in [0.2, 0.25) is 0 Å². The number of ether oxygens (including phenoxy) is 2. The highest BCUT2D eigenvalue weighted by Gasteiger charge is 2.20. The molecule has 3 aromatic carbocycles. The van der Waals surface area contributed by atoms with Crippen molar-refractivity contribution in [2.24, 2.45) is 0 Å². The van der Waals surface area contributed by atoms with Crippen LogP contribution in [-0.4, -0.2) is 25.8 Å². The molecule has 3 aromatic rings. The average molecular weight is 415 g/mol. The third-order valence-corrected chi connectivity index (χ3v) is 4.88. The van der Waals surface area contributed by atoms with E-state index in [-0.39, 0.29) is 32.7 Å². The summed E-state index contributed by atoms with van der Waals surface area (Å²) in [5.41, 5.74) is 1.33. The quantitative estimate of drug-likeness (QED) is 0.501. The third kappa shape index (κ3) is 4.03. The Bertz CT molecular complexity index is 940. The molecule has 6 heteroatoms. The van der Waals surface area contributed by atoms with Gasteiger partial charge in [-0.25, -0.2) is 0 Å². The van der Waals surface area contributed by atoms with Crippen molar-refractivity contribution >= 4 is 34.8 Å². The molecule has 0 aliphatic carbocycles. The lowest BCUT2D eigenvalue weighted by molar-refractivity contribution is 0.102. The maximum absolute atomic E-state index is 12.8. The van der Waals surface area contributed by atoms with Crippen molar-refractivity contribution < 1.29 is 19.1 Å². The summed E-state index contributed by atoms with van der Waals surface area (Å²) in [5, 5.41) is 0.309. The molecule has 0 saturated carbocycles. The van der Waals surface area contributed by atoms with Crippen molar-refractivity contribution in [3.05, 3.63) is 93.0 Å². The third-order valence-electron chi connectivity index (χ3n) is 4.25. The van der Waals surface area contributed by atoms with Crippen LogP contribution < -0.4 is 9.47 Å². The first-order valence-electron chi connectivity index (χ1n) is 8.31. The molecule has 0 aromatic heterocycles. The molecule has 0 spiro atoms. The number of hydrogen-bond acceptors (Lipinski definition) is 4. The molecule has 142 valence electrons. The van der Waals surface area contributed by atoms with E-state index >= 15 is 0 Å². The molecular weight excluding hydrogens is 399 g/mol. The topological polar surface area (TPSA) is 52.6 Å². The van der Waals surface area contributed by atoms with Crippen LogP contribution in [0.5, 0.6) is 11.5 Å². The monoisotopic (exact) mass is 414 g/mol. The molecule has 0 bridgehead atoms. The van der Waals surface area contributed by atoms with Gasteiger partial charge in [0.15, 0.2) is 11.6 Å². The Hall–Kier alpha value is -2.82. The summed E-state index contributed by atoms with van der Waals surface area (Å²) in [6.45, 7) is 0. The van der Waals surface area contributed by atoms with E-state index in [4.69, 9.17) is 32.7 Å². The van der Waals surface area contributed by atoms with Gasteiger partial charge < -0.3 is 9.47 Å². The lowest BCUT2D eigenvalue weighted by Crippen LogP contribution is -2.07. The van der Waals surface area contributed by atoms with E-state index in [9.17, 15) is 9.59 Å². The van der Waals surface area contributed by atoms with Gasteiger partial charge in [-0.2, -0.15) is 0 Å². The predicted octanol–water partition coefficient (Wildman–Crippen LogP) is 5.47. The number of halogens is 2. The van der Waals surface area contributed by atoms with Gasteiger partial charge in [-0.3, -0.25) is 9.59 Å². The first-order chi connectivity index (χ1) is 13.4. The summed E-state index contributed by atoms with van der Waals surface area (Å²) < 4.78 is 10.2. The summed E-state index contributed by atoms with van der Waals surface area (Å²) in [4.78, 5) is 25.5. The first kappa shape index (κ1) is 19.9.